The molecule has 0 radical (unpaired) electrons. The molecule has 8 heteroatoms. The fraction of sp³-hybridized carbons (Fsp3) is 0.432. The van der Waals surface area contributed by atoms with Gasteiger partial charge in [0.05, 0.1) is 5.69 Å². The number of pyridine rings is 1. The van der Waals surface area contributed by atoms with Gasteiger partial charge in [-0.1, -0.05) is 65.2 Å². The Kier molecular flexibility index (Phi) is 11.6. The maximum atomic E-state index is 12.8. The van der Waals surface area contributed by atoms with E-state index in [1.54, 1.807) is 12.3 Å². The Labute approximate surface area is 268 Å². The fourth-order valence-electron chi connectivity index (χ4n) is 5.97. The van der Waals surface area contributed by atoms with Gasteiger partial charge >= 0.3 is 0 Å². The normalized spacial score (nSPS) is 15.9. The number of aromatic amines is 1. The summed E-state index contributed by atoms with van der Waals surface area (Å²) in [5, 5.41) is 14.0. The second kappa shape index (κ2) is 15.6. The van der Waals surface area contributed by atoms with Gasteiger partial charge in [-0.2, -0.15) is 0 Å². The highest BCUT2D eigenvalue weighted by molar-refractivity contribution is 6.04. The van der Waals surface area contributed by atoms with Crippen LogP contribution >= 0.6 is 0 Å². The van der Waals surface area contributed by atoms with Gasteiger partial charge in [0.1, 0.15) is 5.82 Å². The molecule has 0 saturated heterocycles. The van der Waals surface area contributed by atoms with E-state index in [9.17, 15) is 9.90 Å². The van der Waals surface area contributed by atoms with Crippen LogP contribution in [0.3, 0.4) is 0 Å². The zero-order chi connectivity index (χ0) is 32.5. The van der Waals surface area contributed by atoms with Gasteiger partial charge in [-0.3, -0.25) is 4.79 Å². The number of aromatic hydroxyl groups is 1. The number of allylic oxidation sites excluding steroid dienone is 6. The lowest BCUT2D eigenvalue weighted by Crippen LogP contribution is -2.28. The van der Waals surface area contributed by atoms with Crippen molar-refractivity contribution in [2.24, 2.45) is 10.9 Å². The van der Waals surface area contributed by atoms with Gasteiger partial charge in [-0.05, 0) is 68.4 Å². The molecule has 2 aromatic heterocycles. The molecule has 1 saturated carbocycles. The first-order valence-corrected chi connectivity index (χ1v) is 16.3. The molecule has 1 aliphatic heterocycles. The predicted molar refractivity (Wildman–Crippen MR) is 185 cm³/mol. The van der Waals surface area contributed by atoms with Gasteiger partial charge < -0.3 is 25.0 Å². The van der Waals surface area contributed by atoms with Crippen LogP contribution in [0.4, 0.5) is 5.82 Å². The van der Waals surface area contributed by atoms with Crippen LogP contribution in [0.5, 0.6) is 11.5 Å². The number of Topliss-reactive ketones (excluding diaryl/α,β-unsaturated/α-hetero) is 1. The number of aliphatic imine (C=N–C) groups is 1. The van der Waals surface area contributed by atoms with Crippen LogP contribution in [0, 0.1) is 5.92 Å². The van der Waals surface area contributed by atoms with E-state index in [0.717, 1.165) is 71.9 Å². The van der Waals surface area contributed by atoms with Crippen LogP contribution in [0.2, 0.25) is 0 Å². The third-order valence-electron chi connectivity index (χ3n) is 8.60. The molecule has 0 atom stereocenters. The zero-order valence-electron chi connectivity index (χ0n) is 27.6. The highest BCUT2D eigenvalue weighted by atomic mass is 16.5. The Morgan fingerprint density at radius 2 is 2.04 bits per heavy atom. The fourth-order valence-corrected chi connectivity index (χ4v) is 5.97. The van der Waals surface area contributed by atoms with Crippen molar-refractivity contribution in [3.63, 3.8) is 0 Å². The number of nitrogens with zero attached hydrogens (tertiary/aromatic N) is 3. The number of fused-ring (bicyclic) bond motifs is 1. The predicted octanol–water partition coefficient (Wildman–Crippen LogP) is 8.93. The van der Waals surface area contributed by atoms with Crippen molar-refractivity contribution in [3.8, 4) is 22.6 Å². The van der Waals surface area contributed by atoms with Crippen LogP contribution in [0.25, 0.3) is 16.7 Å². The molecule has 8 nitrogen and oxygen atoms in total. The van der Waals surface area contributed by atoms with Gasteiger partial charge in [-0.15, -0.1) is 0 Å². The smallest absolute Gasteiger partial charge is 0.196 e. The molecular formula is C37H49N5O3. The summed E-state index contributed by atoms with van der Waals surface area (Å²) >= 11 is 0. The first kappa shape index (κ1) is 33.6. The summed E-state index contributed by atoms with van der Waals surface area (Å²) in [6, 6.07) is 1.65. The number of ether oxygens (including phenoxy) is 1. The van der Waals surface area contributed by atoms with Crippen molar-refractivity contribution in [1.29, 1.82) is 0 Å². The number of hydrogen-bond acceptors (Lipinski definition) is 7. The minimum Gasteiger partial charge on any atom is -0.504 e. The van der Waals surface area contributed by atoms with Crippen molar-refractivity contribution in [1.82, 2.24) is 14.9 Å². The highest BCUT2D eigenvalue weighted by Gasteiger charge is 2.25. The molecule has 1 fully saturated rings. The maximum absolute atomic E-state index is 12.8. The molecule has 0 bridgehead atoms. The van der Waals surface area contributed by atoms with Crippen LogP contribution in [0.1, 0.15) is 91.7 Å². The molecule has 0 aromatic carbocycles. The summed E-state index contributed by atoms with van der Waals surface area (Å²) in [5.74, 6) is 2.73. The minimum absolute atomic E-state index is 0.0430. The third kappa shape index (κ3) is 8.24. The van der Waals surface area contributed by atoms with E-state index >= 15 is 0 Å². The van der Waals surface area contributed by atoms with E-state index in [0.29, 0.717) is 29.5 Å². The molecule has 2 aromatic rings. The number of nitrogens with one attached hydrogen (secondary N) is 2. The third-order valence-corrected chi connectivity index (χ3v) is 8.60. The lowest BCUT2D eigenvalue weighted by atomic mass is 9.92. The Morgan fingerprint density at radius 3 is 2.69 bits per heavy atom. The van der Waals surface area contributed by atoms with Crippen molar-refractivity contribution in [2.75, 3.05) is 18.4 Å². The van der Waals surface area contributed by atoms with Gasteiger partial charge in [0, 0.05) is 54.8 Å². The van der Waals surface area contributed by atoms with Gasteiger partial charge in [0.2, 0.25) is 0 Å². The Morgan fingerprint density at radius 1 is 1.29 bits per heavy atom. The summed E-state index contributed by atoms with van der Waals surface area (Å²) in [4.78, 5) is 27.4. The topological polar surface area (TPSA) is 103 Å². The maximum Gasteiger partial charge on any atom is 0.196 e. The van der Waals surface area contributed by atoms with E-state index in [2.05, 4.69) is 52.2 Å². The number of unbranched alkanes of at least 4 members (excludes halogenated alkanes) is 1. The first-order valence-electron chi connectivity index (χ1n) is 16.3. The summed E-state index contributed by atoms with van der Waals surface area (Å²) in [6.07, 6.45) is 17.8. The average Bonchev–Trinajstić information content (AvgIpc) is 3.70. The van der Waals surface area contributed by atoms with Crippen molar-refractivity contribution in [3.05, 3.63) is 78.4 Å². The second-order valence-electron chi connectivity index (χ2n) is 11.9. The molecule has 0 amide bonds. The monoisotopic (exact) mass is 611 g/mol. The number of hydrogen-bond donors (Lipinski definition) is 3. The first-order chi connectivity index (χ1) is 21.7. The molecule has 2 aliphatic rings. The number of rotatable bonds is 15. The van der Waals surface area contributed by atoms with E-state index in [4.69, 9.17) is 4.74 Å². The van der Waals surface area contributed by atoms with Gasteiger partial charge in [0.15, 0.2) is 29.0 Å². The number of ketones is 1. The van der Waals surface area contributed by atoms with Crippen LogP contribution < -0.4 is 10.1 Å². The average molecular weight is 612 g/mol. The van der Waals surface area contributed by atoms with Gasteiger partial charge in [0.25, 0.3) is 0 Å². The molecule has 0 spiro atoms. The van der Waals surface area contributed by atoms with E-state index < -0.39 is 0 Å². The molecular weight excluding hydrogens is 562 g/mol. The summed E-state index contributed by atoms with van der Waals surface area (Å²) < 4.78 is 6.38. The molecule has 240 valence electrons. The molecule has 1 aliphatic carbocycles. The lowest BCUT2D eigenvalue weighted by Gasteiger charge is -2.28. The van der Waals surface area contributed by atoms with E-state index in [1.165, 1.54) is 25.7 Å². The van der Waals surface area contributed by atoms with E-state index in [1.807, 2.05) is 45.2 Å². The van der Waals surface area contributed by atoms with Crippen molar-refractivity contribution >= 4 is 22.9 Å². The Balaban J connectivity index is 1.49. The largest absolute Gasteiger partial charge is 0.504 e. The zero-order valence-corrected chi connectivity index (χ0v) is 27.6. The molecule has 3 N–H and O–H groups in total. The highest BCUT2D eigenvalue weighted by Crippen LogP contribution is 2.42. The second-order valence-corrected chi connectivity index (χ2v) is 11.9. The standard InChI is InChI=1S/C37H49N5O3/c1-8-12-17-42(11-4)34-18-24(5)35-36(45-34)31(23-38-35)30-21-33(44)37(39-22-30)41-26(7)40-25(6)28(9-2)20-29(32(43)10-3)19-27-15-13-14-16-27/h9,18,20-23,27,38,44H,5,7-8,10-17,19H2,1-4,6H3,(H,39,41)/b28-9-,29-20+,40-25-. The Bertz CT molecular complexity index is 1530. The number of H-pyrrole nitrogens is 1. The summed E-state index contributed by atoms with van der Waals surface area (Å²) in [7, 11) is 0. The number of anilines is 1. The molecule has 45 heavy (non-hydrogen) atoms. The van der Waals surface area contributed by atoms with E-state index in [-0.39, 0.29) is 17.4 Å². The number of carbonyl (C=O) groups excluding carboxylic acids is 1. The Hall–Kier alpha value is -4.33. The summed E-state index contributed by atoms with van der Waals surface area (Å²) in [5.41, 5.74) is 5.59. The molecule has 0 unspecified atom stereocenters. The SMILES string of the molecule is C=C(\N=C(C)/C(=C\C)/C=C(\CC1CCCC1)C(=O)CC)Nc1ncc(-c2c[nH]c3c2OC(N(CC)CCCC)=CC3=C)cc1O. The quantitative estimate of drug-likeness (QED) is 0.106. The minimum atomic E-state index is -0.0430. The van der Waals surface area contributed by atoms with Crippen LogP contribution in [-0.2, 0) is 4.79 Å². The van der Waals surface area contributed by atoms with Crippen LogP contribution in [-0.4, -0.2) is 44.6 Å². The molecule has 3 heterocycles. The summed E-state index contributed by atoms with van der Waals surface area (Å²) in [6.45, 7) is 20.0. The number of carbonyl (C=O) groups is 1. The molecule has 4 rings (SSSR count). The van der Waals surface area contributed by atoms with Crippen LogP contribution in [0.15, 0.2) is 77.7 Å². The van der Waals surface area contributed by atoms with Crippen molar-refractivity contribution in [2.45, 2.75) is 86.0 Å². The lowest BCUT2D eigenvalue weighted by molar-refractivity contribution is -0.115. The van der Waals surface area contributed by atoms with Crippen molar-refractivity contribution < 1.29 is 14.6 Å². The number of aromatic nitrogens is 2. The van der Waals surface area contributed by atoms with Gasteiger partial charge in [-0.25, -0.2) is 9.98 Å².